The molecule has 1 aliphatic carbocycles. The summed E-state index contributed by atoms with van der Waals surface area (Å²) in [4.78, 5) is 30.1. The molecule has 0 saturated carbocycles. The smallest absolute Gasteiger partial charge is 0.316 e. The van der Waals surface area contributed by atoms with Crippen molar-refractivity contribution < 1.29 is 9.59 Å². The molecule has 3 amide bonds. The number of benzene rings is 3. The van der Waals surface area contributed by atoms with E-state index in [9.17, 15) is 14.9 Å². The summed E-state index contributed by atoms with van der Waals surface area (Å²) in [5.74, 6) is -0.0358. The number of nitrogens with one attached hydrogen (secondary N) is 2. The summed E-state index contributed by atoms with van der Waals surface area (Å²) in [5, 5.41) is 18.3. The first-order valence-corrected chi connectivity index (χ1v) is 15.7. The molecule has 6 nitrogen and oxygen atoms in total. The van der Waals surface area contributed by atoms with E-state index in [-0.39, 0.29) is 29.0 Å². The lowest BCUT2D eigenvalue weighted by Crippen LogP contribution is -2.49. The van der Waals surface area contributed by atoms with Gasteiger partial charge >= 0.3 is 6.03 Å². The number of rotatable bonds is 6. The van der Waals surface area contributed by atoms with Crippen molar-refractivity contribution in [2.45, 2.75) is 21.1 Å². The zero-order valence-electron chi connectivity index (χ0n) is 21.7. The highest BCUT2D eigenvalue weighted by Crippen LogP contribution is 2.43. The van der Waals surface area contributed by atoms with Crippen LogP contribution in [0.15, 0.2) is 118 Å². The molecule has 3 aromatic carbocycles. The van der Waals surface area contributed by atoms with Crippen LogP contribution in [0.1, 0.15) is 5.56 Å². The van der Waals surface area contributed by atoms with Gasteiger partial charge < -0.3 is 10.6 Å². The lowest BCUT2D eigenvalue weighted by Gasteiger charge is -2.40. The van der Waals surface area contributed by atoms with Crippen molar-refractivity contribution in [3.63, 3.8) is 0 Å². The third-order valence-corrected chi connectivity index (χ3v) is 9.85. The molecule has 1 aromatic heterocycles. The van der Waals surface area contributed by atoms with Crippen LogP contribution in [0.3, 0.4) is 0 Å². The van der Waals surface area contributed by atoms with E-state index in [2.05, 4.69) is 28.9 Å². The van der Waals surface area contributed by atoms with Crippen molar-refractivity contribution in [3.05, 3.63) is 114 Å². The van der Waals surface area contributed by atoms with Gasteiger partial charge in [-0.2, -0.15) is 5.26 Å². The molecule has 4 aromatic rings. The second-order valence-corrected chi connectivity index (χ2v) is 12.5. The molecule has 41 heavy (non-hydrogen) atoms. The van der Waals surface area contributed by atoms with Crippen LogP contribution >= 0.6 is 34.9 Å². The minimum absolute atomic E-state index is 0.0842. The fourth-order valence-corrected chi connectivity index (χ4v) is 7.72. The number of para-hydroxylation sites is 1. The highest BCUT2D eigenvalue weighted by molar-refractivity contribution is 8.00. The van der Waals surface area contributed by atoms with Crippen LogP contribution in [0.4, 0.5) is 21.2 Å². The van der Waals surface area contributed by atoms with Gasteiger partial charge in [0.25, 0.3) is 0 Å². The van der Waals surface area contributed by atoms with Gasteiger partial charge in [0.2, 0.25) is 5.91 Å². The van der Waals surface area contributed by atoms with Crippen LogP contribution in [0.5, 0.6) is 0 Å². The molecule has 202 valence electrons. The molecular weight excluding hydrogens is 569 g/mol. The Labute approximate surface area is 250 Å². The van der Waals surface area contributed by atoms with Gasteiger partial charge in [0, 0.05) is 26.4 Å². The van der Waals surface area contributed by atoms with Gasteiger partial charge in [-0.15, -0.1) is 34.9 Å². The number of carbonyl (C=O) groups is 2. The Balaban J connectivity index is 1.11. The zero-order chi connectivity index (χ0) is 28.2. The molecule has 9 heteroatoms. The van der Waals surface area contributed by atoms with E-state index in [1.54, 1.807) is 11.8 Å². The van der Waals surface area contributed by atoms with Crippen molar-refractivity contribution >= 4 is 63.2 Å². The maximum absolute atomic E-state index is 13.6. The number of hydrogen-bond acceptors (Lipinski definition) is 6. The Morgan fingerprint density at radius 2 is 1.76 bits per heavy atom. The fraction of sp³-hybridized carbons (Fsp3) is 0.0938. The van der Waals surface area contributed by atoms with Crippen molar-refractivity contribution in [1.29, 1.82) is 5.26 Å². The number of carbonyl (C=O) groups excluding carboxylic acids is 2. The number of nitriles is 1. The maximum Gasteiger partial charge on any atom is 0.326 e. The molecule has 2 atom stereocenters. The highest BCUT2D eigenvalue weighted by atomic mass is 32.2. The van der Waals surface area contributed by atoms with E-state index < -0.39 is 0 Å². The average Bonchev–Trinajstić information content (AvgIpc) is 3.41. The third kappa shape index (κ3) is 5.81. The van der Waals surface area contributed by atoms with E-state index in [1.807, 2.05) is 101 Å². The quantitative estimate of drug-likeness (QED) is 0.222. The Kier molecular flexibility index (Phi) is 7.96. The molecule has 0 fully saturated rings. The van der Waals surface area contributed by atoms with Gasteiger partial charge in [-0.05, 0) is 35.9 Å². The molecule has 1 aliphatic heterocycles. The number of hydrogen-bond donors (Lipinski definition) is 2. The van der Waals surface area contributed by atoms with Crippen LogP contribution in [-0.4, -0.2) is 29.0 Å². The van der Waals surface area contributed by atoms with Crippen molar-refractivity contribution in [3.8, 4) is 17.2 Å². The first-order chi connectivity index (χ1) is 20.1. The maximum atomic E-state index is 13.6. The van der Waals surface area contributed by atoms with Crippen LogP contribution in [0.2, 0.25) is 0 Å². The number of nitrogens with zero attached hydrogens (tertiary/aromatic N) is 2. The largest absolute Gasteiger partial charge is 0.326 e. The standard InChI is InChI=1S/C32H24N4O2S3/c33-18-24-25(21-9-2-1-3-10-21)19-40-31(24)35-30(37)20-39-23-12-8-11-22(17-23)34-32(38)36-26-13-4-6-15-28(26)41-29-16-7-5-14-27(29)36/h1-17,19,26,28H,20H2,(H,34,38)(H,35,37). The Morgan fingerprint density at radius 3 is 2.61 bits per heavy atom. The first kappa shape index (κ1) is 27.0. The monoisotopic (exact) mass is 592 g/mol. The van der Waals surface area contributed by atoms with Crippen LogP contribution in [0, 0.1) is 11.3 Å². The van der Waals surface area contributed by atoms with Gasteiger partial charge in [0.1, 0.15) is 11.1 Å². The molecule has 2 N–H and O–H groups in total. The summed E-state index contributed by atoms with van der Waals surface area (Å²) in [7, 11) is 0. The van der Waals surface area contributed by atoms with Crippen molar-refractivity contribution in [1.82, 2.24) is 0 Å². The molecule has 2 aliphatic rings. The number of anilines is 3. The number of thiophene rings is 1. The fourth-order valence-electron chi connectivity index (χ4n) is 4.77. The lowest BCUT2D eigenvalue weighted by molar-refractivity contribution is -0.113. The Morgan fingerprint density at radius 1 is 0.951 bits per heavy atom. The average molecular weight is 593 g/mol. The summed E-state index contributed by atoms with van der Waals surface area (Å²) < 4.78 is 0. The van der Waals surface area contributed by atoms with Crippen molar-refractivity contribution in [2.75, 3.05) is 21.3 Å². The van der Waals surface area contributed by atoms with E-state index in [0.717, 1.165) is 26.6 Å². The third-order valence-electron chi connectivity index (χ3n) is 6.66. The minimum atomic E-state index is -0.205. The number of amides is 3. The summed E-state index contributed by atoms with van der Waals surface area (Å²) in [6.07, 6.45) is 8.20. The highest BCUT2D eigenvalue weighted by Gasteiger charge is 2.36. The Bertz CT molecular complexity index is 1710. The predicted molar refractivity (Wildman–Crippen MR) is 170 cm³/mol. The van der Waals surface area contributed by atoms with Gasteiger partial charge in [0.05, 0.1) is 28.3 Å². The number of urea groups is 1. The second kappa shape index (κ2) is 12.1. The SMILES string of the molecule is N#Cc1c(-c2ccccc2)csc1NC(=O)CSc1cccc(NC(=O)N2c3ccccc3SC3C=CC=CC32)c1. The van der Waals surface area contributed by atoms with E-state index in [4.69, 9.17) is 0 Å². The minimum Gasteiger partial charge on any atom is -0.316 e. The van der Waals surface area contributed by atoms with Gasteiger partial charge in [-0.1, -0.05) is 72.8 Å². The van der Waals surface area contributed by atoms with Crippen LogP contribution in [-0.2, 0) is 4.79 Å². The van der Waals surface area contributed by atoms with E-state index >= 15 is 0 Å². The number of allylic oxidation sites excluding steroid dienone is 2. The lowest BCUT2D eigenvalue weighted by atomic mass is 10.1. The molecule has 2 unspecified atom stereocenters. The van der Waals surface area contributed by atoms with Crippen LogP contribution < -0.4 is 15.5 Å². The van der Waals surface area contributed by atoms with Gasteiger partial charge in [0.15, 0.2) is 0 Å². The zero-order valence-corrected chi connectivity index (χ0v) is 24.1. The molecule has 0 spiro atoms. The topological polar surface area (TPSA) is 85.2 Å². The van der Waals surface area contributed by atoms with Crippen molar-refractivity contribution in [2.24, 2.45) is 0 Å². The van der Waals surface area contributed by atoms with Crippen LogP contribution in [0.25, 0.3) is 11.1 Å². The molecular formula is C32H24N4O2S3. The Hall–Kier alpha value is -4.23. The summed E-state index contributed by atoms with van der Waals surface area (Å²) in [6.45, 7) is 0. The van der Waals surface area contributed by atoms with E-state index in [0.29, 0.717) is 16.3 Å². The summed E-state index contributed by atoms with van der Waals surface area (Å²) in [5.41, 5.74) is 3.75. The van der Waals surface area contributed by atoms with E-state index in [1.165, 1.54) is 23.1 Å². The second-order valence-electron chi connectivity index (χ2n) is 9.31. The molecule has 6 rings (SSSR count). The molecule has 2 heterocycles. The first-order valence-electron chi connectivity index (χ1n) is 12.9. The predicted octanol–water partition coefficient (Wildman–Crippen LogP) is 8.02. The number of fused-ring (bicyclic) bond motifs is 2. The van der Waals surface area contributed by atoms with Gasteiger partial charge in [-0.3, -0.25) is 9.69 Å². The molecule has 0 radical (unpaired) electrons. The summed E-state index contributed by atoms with van der Waals surface area (Å²) >= 11 is 4.48. The van der Waals surface area contributed by atoms with Gasteiger partial charge in [-0.25, -0.2) is 4.79 Å². The number of thioether (sulfide) groups is 2. The summed E-state index contributed by atoms with van der Waals surface area (Å²) in [6, 6.07) is 27.0. The molecule has 0 saturated heterocycles. The molecule has 0 bridgehead atoms. The normalized spacial score (nSPS) is 16.8.